The van der Waals surface area contributed by atoms with E-state index in [-0.39, 0.29) is 0 Å². The van der Waals surface area contributed by atoms with Gasteiger partial charge in [0.25, 0.3) is 0 Å². The molecule has 0 aliphatic carbocycles. The Morgan fingerprint density at radius 1 is 1.03 bits per heavy atom. The number of rotatable bonds is 10. The molecule has 3 rings (SSSR count). The number of benzene rings is 2. The Morgan fingerprint density at radius 2 is 1.74 bits per heavy atom. The van der Waals surface area contributed by atoms with E-state index in [1.807, 2.05) is 30.6 Å². The van der Waals surface area contributed by atoms with Crippen LogP contribution in [0.2, 0.25) is 0 Å². The lowest BCUT2D eigenvalue weighted by molar-refractivity contribution is -0.192. The minimum atomic E-state index is -5.08. The normalized spacial score (nSPS) is 10.9. The maximum absolute atomic E-state index is 10.6. The van der Waals surface area contributed by atoms with Crippen LogP contribution in [0.15, 0.2) is 54.9 Å². The number of halogens is 3. The van der Waals surface area contributed by atoms with Crippen LogP contribution in [0.1, 0.15) is 37.4 Å². The summed E-state index contributed by atoms with van der Waals surface area (Å²) in [4.78, 5) is 13.7. The molecule has 3 aromatic rings. The molecule has 1 N–H and O–H groups in total. The first-order valence-electron chi connectivity index (χ1n) is 11.3. The van der Waals surface area contributed by atoms with E-state index in [9.17, 15) is 13.2 Å². The zero-order chi connectivity index (χ0) is 25.8. The summed E-state index contributed by atoms with van der Waals surface area (Å²) < 4.78 is 44.9. The second kappa shape index (κ2) is 13.4. The number of methoxy groups -OCH3 is 2. The second-order valence-electron chi connectivity index (χ2n) is 7.79. The molecule has 0 saturated heterocycles. The van der Waals surface area contributed by atoms with Gasteiger partial charge in [0.05, 0.1) is 26.2 Å². The Bertz CT molecular complexity index is 1080. The average Bonchev–Trinajstić information content (AvgIpc) is 3.25. The number of ether oxygens (including phenoxy) is 2. The fourth-order valence-corrected chi connectivity index (χ4v) is 3.57. The lowest BCUT2D eigenvalue weighted by Crippen LogP contribution is -2.21. The molecule has 0 saturated carbocycles. The van der Waals surface area contributed by atoms with Crippen LogP contribution in [0.4, 0.5) is 13.2 Å². The highest BCUT2D eigenvalue weighted by atomic mass is 19.4. The Labute approximate surface area is 203 Å². The molecule has 0 spiro atoms. The summed E-state index contributed by atoms with van der Waals surface area (Å²) in [6, 6.07) is 16.4. The third kappa shape index (κ3) is 8.35. The molecule has 6 nitrogen and oxygen atoms in total. The summed E-state index contributed by atoms with van der Waals surface area (Å²) in [6.07, 6.45) is 2.46. The molecule has 190 valence electrons. The number of para-hydroxylation sites is 1. The molecule has 0 bridgehead atoms. The average molecular weight is 493 g/mol. The van der Waals surface area contributed by atoms with E-state index in [0.717, 1.165) is 42.1 Å². The van der Waals surface area contributed by atoms with Crippen LogP contribution in [-0.4, -0.2) is 41.0 Å². The van der Waals surface area contributed by atoms with Crippen LogP contribution in [0, 0.1) is 0 Å². The van der Waals surface area contributed by atoms with Crippen LogP contribution in [-0.2, 0) is 24.2 Å². The molecular formula is C26H31F3N2O4. The van der Waals surface area contributed by atoms with Crippen LogP contribution >= 0.6 is 0 Å². The van der Waals surface area contributed by atoms with Gasteiger partial charge in [-0.15, -0.1) is 0 Å². The molecule has 0 aliphatic heterocycles. The van der Waals surface area contributed by atoms with Crippen molar-refractivity contribution in [3.8, 4) is 22.8 Å². The van der Waals surface area contributed by atoms with Gasteiger partial charge in [0.1, 0.15) is 11.5 Å². The highest BCUT2D eigenvalue weighted by Crippen LogP contribution is 2.28. The number of carboxylic acid groups (broad SMARTS) is 1. The predicted octanol–water partition coefficient (Wildman–Crippen LogP) is 6.18. The molecule has 0 radical (unpaired) electrons. The summed E-state index contributed by atoms with van der Waals surface area (Å²) in [5.74, 6) is -0.948. The van der Waals surface area contributed by atoms with Crippen molar-refractivity contribution in [2.45, 2.75) is 51.7 Å². The molecule has 1 heterocycles. The molecular weight excluding hydrogens is 461 g/mol. The number of carbonyl (C=O) groups is 1. The maximum atomic E-state index is 10.6. The molecule has 0 atom stereocenters. The molecule has 0 amide bonds. The van der Waals surface area contributed by atoms with E-state index >= 15 is 0 Å². The van der Waals surface area contributed by atoms with Crippen molar-refractivity contribution >= 4 is 5.97 Å². The van der Waals surface area contributed by atoms with Gasteiger partial charge >= 0.3 is 12.1 Å². The van der Waals surface area contributed by atoms with Gasteiger partial charge in [0, 0.05) is 17.8 Å². The molecule has 0 unspecified atom stereocenters. The van der Waals surface area contributed by atoms with Gasteiger partial charge < -0.3 is 19.1 Å². The third-order valence-electron chi connectivity index (χ3n) is 5.36. The minimum Gasteiger partial charge on any atom is -0.497 e. The molecule has 1 aromatic heterocycles. The number of aliphatic carboxylic acids is 1. The summed E-state index contributed by atoms with van der Waals surface area (Å²) in [5.41, 5.74) is 4.70. The summed E-state index contributed by atoms with van der Waals surface area (Å²) in [7, 11) is 3.43. The smallest absolute Gasteiger partial charge is 0.490 e. The van der Waals surface area contributed by atoms with E-state index in [1.165, 1.54) is 30.5 Å². The van der Waals surface area contributed by atoms with Crippen molar-refractivity contribution < 1.29 is 32.5 Å². The highest BCUT2D eigenvalue weighted by molar-refractivity contribution is 5.73. The van der Waals surface area contributed by atoms with Crippen LogP contribution in [0.25, 0.3) is 11.3 Å². The van der Waals surface area contributed by atoms with E-state index < -0.39 is 12.1 Å². The number of alkyl halides is 3. The standard InChI is InChI=1S/C24H30N2O2.C2HF3O2/c1-4-5-6-13-22-24(20-11-9-12-21(17-20)27-2)25-18-26(22)16-15-19-10-7-8-14-23(19)28-3;3-2(4,5)1(6)7/h7-12,14,17-18H,4-6,13,15-16H2,1-3H3;(H,6,7). The molecule has 0 aliphatic rings. The number of nitrogens with zero attached hydrogens (tertiary/aromatic N) is 2. The first-order chi connectivity index (χ1) is 16.7. The van der Waals surface area contributed by atoms with Gasteiger partial charge in [-0.1, -0.05) is 50.1 Å². The number of carboxylic acids is 1. The fourth-order valence-electron chi connectivity index (χ4n) is 3.57. The van der Waals surface area contributed by atoms with E-state index in [2.05, 4.69) is 35.8 Å². The third-order valence-corrected chi connectivity index (χ3v) is 5.36. The highest BCUT2D eigenvalue weighted by Gasteiger charge is 2.38. The largest absolute Gasteiger partial charge is 0.497 e. The minimum absolute atomic E-state index is 0.862. The van der Waals surface area contributed by atoms with Crippen molar-refractivity contribution in [1.82, 2.24) is 9.55 Å². The van der Waals surface area contributed by atoms with Crippen molar-refractivity contribution in [2.75, 3.05) is 14.2 Å². The van der Waals surface area contributed by atoms with Crippen molar-refractivity contribution in [3.63, 3.8) is 0 Å². The Morgan fingerprint density at radius 3 is 2.37 bits per heavy atom. The zero-order valence-corrected chi connectivity index (χ0v) is 20.1. The number of unbranched alkanes of at least 4 members (excludes halogenated alkanes) is 2. The topological polar surface area (TPSA) is 73.6 Å². The molecule has 9 heteroatoms. The van der Waals surface area contributed by atoms with Crippen molar-refractivity contribution in [3.05, 3.63) is 66.1 Å². The van der Waals surface area contributed by atoms with Crippen LogP contribution in [0.5, 0.6) is 11.5 Å². The van der Waals surface area contributed by atoms with E-state index in [0.29, 0.717) is 0 Å². The van der Waals surface area contributed by atoms with Gasteiger partial charge in [0.2, 0.25) is 0 Å². The maximum Gasteiger partial charge on any atom is 0.490 e. The number of aromatic nitrogens is 2. The number of hydrogen-bond acceptors (Lipinski definition) is 4. The summed E-state index contributed by atoms with van der Waals surface area (Å²) in [5, 5.41) is 7.12. The van der Waals surface area contributed by atoms with Crippen molar-refractivity contribution in [2.24, 2.45) is 0 Å². The molecule has 0 fully saturated rings. The monoisotopic (exact) mass is 492 g/mol. The Hall–Kier alpha value is -3.49. The SMILES string of the molecule is CCCCCc1c(-c2cccc(OC)c2)ncn1CCc1ccccc1OC.O=C(O)C(F)(F)F. The first-order valence-corrected chi connectivity index (χ1v) is 11.3. The Kier molecular flexibility index (Phi) is 10.6. The Balaban J connectivity index is 0.000000540. The number of hydrogen-bond donors (Lipinski definition) is 1. The first kappa shape index (κ1) is 27.8. The van der Waals surface area contributed by atoms with Crippen LogP contribution < -0.4 is 9.47 Å². The van der Waals surface area contributed by atoms with Gasteiger partial charge in [-0.2, -0.15) is 13.2 Å². The lowest BCUT2D eigenvalue weighted by Gasteiger charge is -2.12. The number of aryl methyl sites for hydroxylation is 2. The van der Waals surface area contributed by atoms with Gasteiger partial charge in [-0.3, -0.25) is 0 Å². The quantitative estimate of drug-likeness (QED) is 0.342. The van der Waals surface area contributed by atoms with E-state index in [4.69, 9.17) is 24.4 Å². The van der Waals surface area contributed by atoms with Gasteiger partial charge in [-0.25, -0.2) is 9.78 Å². The molecule has 35 heavy (non-hydrogen) atoms. The van der Waals surface area contributed by atoms with Gasteiger partial charge in [0.15, 0.2) is 0 Å². The summed E-state index contributed by atoms with van der Waals surface area (Å²) in [6.45, 7) is 3.13. The van der Waals surface area contributed by atoms with Crippen LogP contribution in [0.3, 0.4) is 0 Å². The fraction of sp³-hybridized carbons (Fsp3) is 0.385. The van der Waals surface area contributed by atoms with Gasteiger partial charge in [-0.05, 0) is 43.0 Å². The molecule has 2 aromatic carbocycles. The zero-order valence-electron chi connectivity index (χ0n) is 20.1. The lowest BCUT2D eigenvalue weighted by atomic mass is 10.0. The number of imidazole rings is 1. The van der Waals surface area contributed by atoms with Crippen molar-refractivity contribution in [1.29, 1.82) is 0 Å². The van der Waals surface area contributed by atoms with E-state index in [1.54, 1.807) is 14.2 Å². The summed E-state index contributed by atoms with van der Waals surface area (Å²) >= 11 is 0. The predicted molar refractivity (Wildman–Crippen MR) is 128 cm³/mol. The second-order valence-corrected chi connectivity index (χ2v) is 7.79.